The lowest BCUT2D eigenvalue weighted by atomic mass is 10.1. The van der Waals surface area contributed by atoms with Crippen LogP contribution in [0.3, 0.4) is 0 Å². The third kappa shape index (κ3) is 1.85. The van der Waals surface area contributed by atoms with Gasteiger partial charge in [-0.05, 0) is 26.1 Å². The molecular formula is C12H17FN2O. The normalized spacial score (nSPS) is 23.9. The summed E-state index contributed by atoms with van der Waals surface area (Å²) < 4.78 is 18.9. The van der Waals surface area contributed by atoms with Gasteiger partial charge in [-0.2, -0.15) is 0 Å². The highest BCUT2D eigenvalue weighted by atomic mass is 19.1. The largest absolute Gasteiger partial charge is 0.485 e. The number of anilines is 1. The Labute approximate surface area is 95.2 Å². The predicted molar refractivity (Wildman–Crippen MR) is 62.6 cm³/mol. The fourth-order valence-corrected chi connectivity index (χ4v) is 2.02. The van der Waals surface area contributed by atoms with Crippen molar-refractivity contribution in [3.63, 3.8) is 0 Å². The Balaban J connectivity index is 2.32. The summed E-state index contributed by atoms with van der Waals surface area (Å²) in [5.74, 6) is 0.366. The van der Waals surface area contributed by atoms with E-state index in [9.17, 15) is 4.39 Å². The number of fused-ring (bicyclic) bond motifs is 1. The van der Waals surface area contributed by atoms with Gasteiger partial charge in [-0.1, -0.05) is 0 Å². The van der Waals surface area contributed by atoms with Crippen LogP contribution >= 0.6 is 0 Å². The van der Waals surface area contributed by atoms with Gasteiger partial charge in [0.05, 0.1) is 11.7 Å². The van der Waals surface area contributed by atoms with E-state index in [1.54, 1.807) is 6.07 Å². The molecule has 0 saturated carbocycles. The van der Waals surface area contributed by atoms with Gasteiger partial charge in [0.2, 0.25) is 0 Å². The molecule has 0 fully saturated rings. The molecule has 3 nitrogen and oxygen atoms in total. The summed E-state index contributed by atoms with van der Waals surface area (Å²) >= 11 is 0. The number of rotatable bonds is 2. The number of benzene rings is 1. The highest BCUT2D eigenvalue weighted by Crippen LogP contribution is 2.35. The van der Waals surface area contributed by atoms with Crippen molar-refractivity contribution < 1.29 is 9.13 Å². The van der Waals surface area contributed by atoms with E-state index in [1.165, 1.54) is 12.1 Å². The molecule has 0 spiro atoms. The number of hydrogen-bond acceptors (Lipinski definition) is 3. The summed E-state index contributed by atoms with van der Waals surface area (Å²) in [7, 11) is 3.89. The molecule has 0 radical (unpaired) electrons. The van der Waals surface area contributed by atoms with E-state index >= 15 is 0 Å². The lowest BCUT2D eigenvalue weighted by Gasteiger charge is -2.39. The van der Waals surface area contributed by atoms with E-state index in [2.05, 4.69) is 17.1 Å². The van der Waals surface area contributed by atoms with Crippen molar-refractivity contribution in [2.24, 2.45) is 0 Å². The highest BCUT2D eigenvalue weighted by Gasteiger charge is 2.30. The lowest BCUT2D eigenvalue weighted by molar-refractivity contribution is 0.160. The van der Waals surface area contributed by atoms with Gasteiger partial charge >= 0.3 is 0 Å². The first-order valence-corrected chi connectivity index (χ1v) is 5.47. The molecule has 1 N–H and O–H groups in total. The number of nitrogens with one attached hydrogen (secondary N) is 1. The molecule has 1 aliphatic rings. The van der Waals surface area contributed by atoms with Gasteiger partial charge in [0.25, 0.3) is 0 Å². The molecule has 88 valence electrons. The van der Waals surface area contributed by atoms with Crippen LogP contribution in [0.15, 0.2) is 18.2 Å². The monoisotopic (exact) mass is 224 g/mol. The van der Waals surface area contributed by atoms with Gasteiger partial charge in [-0.15, -0.1) is 0 Å². The molecule has 1 heterocycles. The Bertz CT molecular complexity index is 383. The van der Waals surface area contributed by atoms with Gasteiger partial charge in [-0.25, -0.2) is 4.39 Å². The van der Waals surface area contributed by atoms with Crippen LogP contribution in [-0.2, 0) is 0 Å². The third-order valence-electron chi connectivity index (χ3n) is 3.13. The molecule has 16 heavy (non-hydrogen) atoms. The fourth-order valence-electron chi connectivity index (χ4n) is 2.02. The first kappa shape index (κ1) is 11.2. The van der Waals surface area contributed by atoms with Crippen molar-refractivity contribution >= 4 is 5.69 Å². The van der Waals surface area contributed by atoms with Gasteiger partial charge in [-0.3, -0.25) is 0 Å². The molecule has 2 rings (SSSR count). The predicted octanol–water partition coefficient (Wildman–Crippen LogP) is 1.63. The number of ether oxygens (including phenoxy) is 1. The van der Waals surface area contributed by atoms with Crippen molar-refractivity contribution in [3.05, 3.63) is 24.0 Å². The van der Waals surface area contributed by atoms with Crippen LogP contribution in [0.1, 0.15) is 6.92 Å². The summed E-state index contributed by atoms with van der Waals surface area (Å²) in [6.45, 7) is 2.86. The van der Waals surface area contributed by atoms with Crippen molar-refractivity contribution in [2.45, 2.75) is 19.1 Å². The minimum Gasteiger partial charge on any atom is -0.485 e. The zero-order chi connectivity index (χ0) is 11.7. The maximum atomic E-state index is 13.1. The first-order valence-electron chi connectivity index (χ1n) is 5.47. The second kappa shape index (κ2) is 4.29. The number of likely N-dealkylation sites (N-methyl/N-ethyl adjacent to an activating group) is 2. The number of halogens is 1. The van der Waals surface area contributed by atoms with Crippen LogP contribution in [0, 0.1) is 5.82 Å². The maximum Gasteiger partial charge on any atom is 0.146 e. The first-order chi connectivity index (χ1) is 7.63. The van der Waals surface area contributed by atoms with Crippen molar-refractivity contribution in [1.82, 2.24) is 5.32 Å². The second-order valence-electron chi connectivity index (χ2n) is 4.18. The summed E-state index contributed by atoms with van der Waals surface area (Å²) in [6, 6.07) is 4.94. The van der Waals surface area contributed by atoms with Gasteiger partial charge in [0, 0.05) is 19.7 Å². The van der Waals surface area contributed by atoms with Crippen LogP contribution in [-0.4, -0.2) is 32.8 Å². The third-order valence-corrected chi connectivity index (χ3v) is 3.13. The zero-order valence-corrected chi connectivity index (χ0v) is 9.83. The van der Waals surface area contributed by atoms with Crippen LogP contribution in [0.4, 0.5) is 10.1 Å². The van der Waals surface area contributed by atoms with E-state index in [-0.39, 0.29) is 18.0 Å². The topological polar surface area (TPSA) is 24.5 Å². The molecule has 1 aromatic rings. The molecule has 4 heteroatoms. The highest BCUT2D eigenvalue weighted by molar-refractivity contribution is 5.60. The molecule has 0 aliphatic carbocycles. The minimum atomic E-state index is -0.259. The Hall–Kier alpha value is -1.29. The molecule has 0 aromatic heterocycles. The standard InChI is InChI=1S/C12H17FN2O/c1-8-12(7-14-2)16-11-6-9(13)4-5-10(11)15(8)3/h4-6,8,12,14H,7H2,1-3H3. The maximum absolute atomic E-state index is 13.1. The Kier molecular flexibility index (Phi) is 3.01. The smallest absolute Gasteiger partial charge is 0.146 e. The number of hydrogen-bond donors (Lipinski definition) is 1. The Morgan fingerprint density at radius 2 is 2.25 bits per heavy atom. The summed E-state index contributed by atoms with van der Waals surface area (Å²) in [6.07, 6.45) is 0.0456. The summed E-state index contributed by atoms with van der Waals surface area (Å²) in [5.41, 5.74) is 0.946. The van der Waals surface area contributed by atoms with Gasteiger partial charge in [0.1, 0.15) is 17.7 Å². The van der Waals surface area contributed by atoms with E-state index in [0.29, 0.717) is 5.75 Å². The minimum absolute atomic E-state index is 0.0456. The van der Waals surface area contributed by atoms with Crippen LogP contribution in [0.25, 0.3) is 0 Å². The van der Waals surface area contributed by atoms with Gasteiger partial charge < -0.3 is 15.0 Å². The molecule has 1 aromatic carbocycles. The Morgan fingerprint density at radius 3 is 2.94 bits per heavy atom. The van der Waals surface area contributed by atoms with Crippen LogP contribution in [0.5, 0.6) is 5.75 Å². The van der Waals surface area contributed by atoms with Crippen LogP contribution < -0.4 is 15.0 Å². The second-order valence-corrected chi connectivity index (χ2v) is 4.18. The SMILES string of the molecule is CNCC1Oc2cc(F)ccc2N(C)C1C. The molecule has 2 atom stereocenters. The molecule has 1 aliphatic heterocycles. The quantitative estimate of drug-likeness (QED) is 0.826. The molecule has 2 unspecified atom stereocenters. The van der Waals surface area contributed by atoms with Crippen LogP contribution in [0.2, 0.25) is 0 Å². The van der Waals surface area contributed by atoms with E-state index in [0.717, 1.165) is 12.2 Å². The molecule has 0 amide bonds. The van der Waals surface area contributed by atoms with E-state index in [1.807, 2.05) is 14.1 Å². The van der Waals surface area contributed by atoms with E-state index < -0.39 is 0 Å². The molecule has 0 bridgehead atoms. The van der Waals surface area contributed by atoms with Crippen molar-refractivity contribution in [1.29, 1.82) is 0 Å². The molecular weight excluding hydrogens is 207 g/mol. The Morgan fingerprint density at radius 1 is 1.50 bits per heavy atom. The zero-order valence-electron chi connectivity index (χ0n) is 9.83. The molecule has 0 saturated heterocycles. The fraction of sp³-hybridized carbons (Fsp3) is 0.500. The lowest BCUT2D eigenvalue weighted by Crippen LogP contribution is -2.50. The van der Waals surface area contributed by atoms with Gasteiger partial charge in [0.15, 0.2) is 0 Å². The van der Waals surface area contributed by atoms with Crippen molar-refractivity contribution in [3.8, 4) is 5.75 Å². The average Bonchev–Trinajstić information content (AvgIpc) is 2.25. The number of nitrogens with zero attached hydrogens (tertiary/aromatic N) is 1. The summed E-state index contributed by atoms with van der Waals surface area (Å²) in [5, 5.41) is 3.09. The van der Waals surface area contributed by atoms with E-state index in [4.69, 9.17) is 4.74 Å². The van der Waals surface area contributed by atoms with Crippen molar-refractivity contribution in [2.75, 3.05) is 25.5 Å². The summed E-state index contributed by atoms with van der Waals surface area (Å²) in [4.78, 5) is 2.13. The average molecular weight is 224 g/mol.